The van der Waals surface area contributed by atoms with Crippen molar-refractivity contribution in [3.05, 3.63) is 35.6 Å². The second kappa shape index (κ2) is 7.63. The van der Waals surface area contributed by atoms with Crippen molar-refractivity contribution in [3.8, 4) is 0 Å². The van der Waals surface area contributed by atoms with Gasteiger partial charge in [-0.3, -0.25) is 14.5 Å². The van der Waals surface area contributed by atoms with Crippen molar-refractivity contribution in [2.75, 3.05) is 6.54 Å². The molecular weight excluding hydrogens is 325 g/mol. The average Bonchev–Trinajstić information content (AvgIpc) is 2.80. The van der Waals surface area contributed by atoms with E-state index in [1.165, 1.54) is 24.3 Å². The Kier molecular flexibility index (Phi) is 5.77. The maximum absolute atomic E-state index is 13.2. The minimum atomic E-state index is -1.26. The fourth-order valence-corrected chi connectivity index (χ4v) is 3.11. The van der Waals surface area contributed by atoms with Crippen LogP contribution in [0.15, 0.2) is 24.3 Å². The van der Waals surface area contributed by atoms with Crippen LogP contribution in [-0.4, -0.2) is 35.3 Å². The third-order valence-corrected chi connectivity index (χ3v) is 4.47. The summed E-state index contributed by atoms with van der Waals surface area (Å²) in [5.41, 5.74) is -0.767. The molecule has 0 spiro atoms. The zero-order chi connectivity index (χ0) is 18.6. The number of nitrogens with zero attached hydrogens (tertiary/aromatic N) is 1. The lowest BCUT2D eigenvalue weighted by Crippen LogP contribution is -2.45. The molecule has 1 aliphatic heterocycles. The van der Waals surface area contributed by atoms with Crippen LogP contribution in [0.3, 0.4) is 0 Å². The number of hydrogen-bond acceptors (Lipinski definition) is 3. The van der Waals surface area contributed by atoms with E-state index in [2.05, 4.69) is 10.6 Å². The number of benzene rings is 1. The molecule has 6 nitrogen and oxygen atoms in total. The molecule has 1 saturated heterocycles. The topological polar surface area (TPSA) is 78.5 Å². The SMILES string of the molecule is CCCC(C)NC(=O)CN1C(=O)NC(CC)(c2ccc(F)cc2)C1=O. The number of halogens is 1. The normalized spacial score (nSPS) is 21.2. The number of imide groups is 1. The molecule has 2 N–H and O–H groups in total. The van der Waals surface area contributed by atoms with E-state index < -0.39 is 23.3 Å². The van der Waals surface area contributed by atoms with Gasteiger partial charge in [-0.2, -0.15) is 0 Å². The molecule has 2 atom stereocenters. The van der Waals surface area contributed by atoms with Gasteiger partial charge in [0.25, 0.3) is 5.91 Å². The Morgan fingerprint density at radius 3 is 2.48 bits per heavy atom. The number of urea groups is 1. The summed E-state index contributed by atoms with van der Waals surface area (Å²) in [6.07, 6.45) is 2.04. The molecule has 1 aromatic rings. The molecule has 25 heavy (non-hydrogen) atoms. The van der Waals surface area contributed by atoms with Gasteiger partial charge in [-0.15, -0.1) is 0 Å². The highest BCUT2D eigenvalue weighted by molar-refractivity contribution is 6.09. The highest BCUT2D eigenvalue weighted by Crippen LogP contribution is 2.32. The lowest BCUT2D eigenvalue weighted by atomic mass is 9.87. The average molecular weight is 349 g/mol. The minimum Gasteiger partial charge on any atom is -0.352 e. The van der Waals surface area contributed by atoms with Crippen molar-refractivity contribution in [2.45, 2.75) is 51.6 Å². The van der Waals surface area contributed by atoms with Gasteiger partial charge in [0.1, 0.15) is 17.9 Å². The van der Waals surface area contributed by atoms with E-state index in [4.69, 9.17) is 0 Å². The van der Waals surface area contributed by atoms with Gasteiger partial charge < -0.3 is 10.6 Å². The molecule has 1 heterocycles. The largest absolute Gasteiger partial charge is 0.352 e. The van der Waals surface area contributed by atoms with Crippen molar-refractivity contribution < 1.29 is 18.8 Å². The lowest BCUT2D eigenvalue weighted by molar-refractivity contribution is -0.135. The van der Waals surface area contributed by atoms with Gasteiger partial charge in [-0.05, 0) is 37.5 Å². The van der Waals surface area contributed by atoms with Crippen LogP contribution in [-0.2, 0) is 15.1 Å². The van der Waals surface area contributed by atoms with E-state index in [1.807, 2.05) is 13.8 Å². The Morgan fingerprint density at radius 1 is 1.28 bits per heavy atom. The van der Waals surface area contributed by atoms with Gasteiger partial charge in [0.2, 0.25) is 5.91 Å². The van der Waals surface area contributed by atoms with E-state index in [0.29, 0.717) is 12.0 Å². The highest BCUT2D eigenvalue weighted by atomic mass is 19.1. The van der Waals surface area contributed by atoms with Crippen LogP contribution in [0.25, 0.3) is 0 Å². The molecule has 136 valence electrons. The predicted molar refractivity (Wildman–Crippen MR) is 91.1 cm³/mol. The molecule has 1 aliphatic rings. The summed E-state index contributed by atoms with van der Waals surface area (Å²) in [6.45, 7) is 5.32. The summed E-state index contributed by atoms with van der Waals surface area (Å²) < 4.78 is 13.2. The van der Waals surface area contributed by atoms with Gasteiger partial charge in [0, 0.05) is 6.04 Å². The number of nitrogens with one attached hydrogen (secondary N) is 2. The molecule has 0 aliphatic carbocycles. The van der Waals surface area contributed by atoms with Gasteiger partial charge in [-0.1, -0.05) is 32.4 Å². The van der Waals surface area contributed by atoms with Gasteiger partial charge in [-0.25, -0.2) is 9.18 Å². The monoisotopic (exact) mass is 349 g/mol. The van der Waals surface area contributed by atoms with Crippen molar-refractivity contribution in [2.24, 2.45) is 0 Å². The standard InChI is InChI=1S/C18H24FN3O3/c1-4-6-12(3)20-15(23)11-22-16(24)18(5-2,21-17(22)25)13-7-9-14(19)10-8-13/h7-10,12H,4-6,11H2,1-3H3,(H,20,23)(H,21,25). The van der Waals surface area contributed by atoms with Gasteiger partial charge in [0.05, 0.1) is 0 Å². The maximum atomic E-state index is 13.2. The molecule has 2 unspecified atom stereocenters. The summed E-state index contributed by atoms with van der Waals surface area (Å²) in [5.74, 6) is -1.30. The van der Waals surface area contributed by atoms with Crippen LogP contribution in [0, 0.1) is 5.82 Å². The number of carbonyl (C=O) groups excluding carboxylic acids is 3. The first-order valence-corrected chi connectivity index (χ1v) is 8.53. The number of carbonyl (C=O) groups is 3. The smallest absolute Gasteiger partial charge is 0.325 e. The maximum Gasteiger partial charge on any atom is 0.325 e. The summed E-state index contributed by atoms with van der Waals surface area (Å²) in [4.78, 5) is 38.2. The van der Waals surface area contributed by atoms with Gasteiger partial charge in [0.15, 0.2) is 0 Å². The van der Waals surface area contributed by atoms with Crippen LogP contribution in [0.1, 0.15) is 45.6 Å². The van der Waals surface area contributed by atoms with Crippen LogP contribution in [0.5, 0.6) is 0 Å². The fourth-order valence-electron chi connectivity index (χ4n) is 3.11. The molecule has 0 radical (unpaired) electrons. The first-order chi connectivity index (χ1) is 11.8. The Hall–Kier alpha value is -2.44. The van der Waals surface area contributed by atoms with E-state index in [0.717, 1.165) is 17.7 Å². The molecule has 1 aromatic carbocycles. The van der Waals surface area contributed by atoms with E-state index in [1.54, 1.807) is 6.92 Å². The molecule has 0 aromatic heterocycles. The predicted octanol–water partition coefficient (Wildman–Crippen LogP) is 2.29. The lowest BCUT2D eigenvalue weighted by Gasteiger charge is -2.25. The number of rotatable bonds is 7. The number of amides is 4. The van der Waals surface area contributed by atoms with Crippen molar-refractivity contribution in [3.63, 3.8) is 0 Å². The second-order valence-electron chi connectivity index (χ2n) is 6.34. The van der Waals surface area contributed by atoms with Crippen LogP contribution < -0.4 is 10.6 Å². The van der Waals surface area contributed by atoms with E-state index in [9.17, 15) is 18.8 Å². The molecular formula is C18H24FN3O3. The summed E-state index contributed by atoms with van der Waals surface area (Å²) in [6, 6.07) is 4.80. The van der Waals surface area contributed by atoms with Crippen LogP contribution in [0.4, 0.5) is 9.18 Å². The first kappa shape index (κ1) is 18.9. The van der Waals surface area contributed by atoms with Crippen molar-refractivity contribution in [1.29, 1.82) is 0 Å². The number of hydrogen-bond donors (Lipinski definition) is 2. The van der Waals surface area contributed by atoms with Crippen molar-refractivity contribution in [1.82, 2.24) is 15.5 Å². The Labute approximate surface area is 146 Å². The summed E-state index contributed by atoms with van der Waals surface area (Å²) in [5, 5.41) is 5.45. The van der Waals surface area contributed by atoms with Crippen LogP contribution in [0.2, 0.25) is 0 Å². The second-order valence-corrected chi connectivity index (χ2v) is 6.34. The minimum absolute atomic E-state index is 0.0219. The molecule has 1 fully saturated rings. The molecule has 2 rings (SSSR count). The van der Waals surface area contributed by atoms with Crippen LogP contribution >= 0.6 is 0 Å². The summed E-state index contributed by atoms with van der Waals surface area (Å²) in [7, 11) is 0. The Morgan fingerprint density at radius 2 is 1.92 bits per heavy atom. The fraction of sp³-hybridized carbons (Fsp3) is 0.500. The van der Waals surface area contributed by atoms with E-state index in [-0.39, 0.29) is 18.5 Å². The summed E-state index contributed by atoms with van der Waals surface area (Å²) >= 11 is 0. The third kappa shape index (κ3) is 3.81. The Bertz CT molecular complexity index is 662. The zero-order valence-corrected chi connectivity index (χ0v) is 14.8. The molecule has 0 bridgehead atoms. The quantitative estimate of drug-likeness (QED) is 0.742. The third-order valence-electron chi connectivity index (χ3n) is 4.47. The first-order valence-electron chi connectivity index (χ1n) is 8.53. The molecule has 4 amide bonds. The van der Waals surface area contributed by atoms with Crippen molar-refractivity contribution >= 4 is 17.8 Å². The van der Waals surface area contributed by atoms with E-state index >= 15 is 0 Å². The zero-order valence-electron chi connectivity index (χ0n) is 14.8. The van der Waals surface area contributed by atoms with Gasteiger partial charge >= 0.3 is 6.03 Å². The Balaban J connectivity index is 2.17. The molecule has 0 saturated carbocycles. The molecule has 7 heteroatoms. The highest BCUT2D eigenvalue weighted by Gasteiger charge is 2.51.